The van der Waals surface area contributed by atoms with E-state index >= 15 is 0 Å². The molecule has 0 N–H and O–H groups in total. The Morgan fingerprint density at radius 2 is 1.67 bits per heavy atom. The molecule has 0 saturated carbocycles. The van der Waals surface area contributed by atoms with Crippen LogP contribution in [0.5, 0.6) is 0 Å². The van der Waals surface area contributed by atoms with Gasteiger partial charge in [0.1, 0.15) is 0 Å². The van der Waals surface area contributed by atoms with Gasteiger partial charge < -0.3 is 9.80 Å². The molecule has 2 aliphatic rings. The van der Waals surface area contributed by atoms with E-state index < -0.39 is 0 Å². The van der Waals surface area contributed by atoms with Gasteiger partial charge in [0.15, 0.2) is 0 Å². The lowest BCUT2D eigenvalue weighted by Gasteiger charge is -2.27. The molecular formula is C21H23N3. The highest BCUT2D eigenvalue weighted by molar-refractivity contribution is 5.67. The van der Waals surface area contributed by atoms with Gasteiger partial charge in [0.05, 0.1) is 11.6 Å². The Kier molecular flexibility index (Phi) is 4.00. The highest BCUT2D eigenvalue weighted by Gasteiger charge is 2.40. The summed E-state index contributed by atoms with van der Waals surface area (Å²) >= 11 is 0. The van der Waals surface area contributed by atoms with Crippen LogP contribution in [0.3, 0.4) is 0 Å². The van der Waals surface area contributed by atoms with Crippen LogP contribution in [0.25, 0.3) is 11.1 Å². The maximum Gasteiger partial charge on any atom is 0.0991 e. The fraction of sp³-hybridized carbons (Fsp3) is 0.381. The molecule has 2 aromatic carbocycles. The van der Waals surface area contributed by atoms with Crippen LogP contribution < -0.4 is 4.90 Å². The second-order valence-corrected chi connectivity index (χ2v) is 6.90. The van der Waals surface area contributed by atoms with Crippen LogP contribution >= 0.6 is 0 Å². The first-order valence-electron chi connectivity index (χ1n) is 8.88. The van der Waals surface area contributed by atoms with Crippen LogP contribution in [0.15, 0.2) is 48.5 Å². The highest BCUT2D eigenvalue weighted by Crippen LogP contribution is 2.35. The molecule has 2 aliphatic heterocycles. The highest BCUT2D eigenvalue weighted by atomic mass is 15.3. The van der Waals surface area contributed by atoms with Crippen molar-refractivity contribution in [3.8, 4) is 17.2 Å². The third-order valence-electron chi connectivity index (χ3n) is 5.62. The van der Waals surface area contributed by atoms with E-state index in [2.05, 4.69) is 47.1 Å². The third-order valence-corrected chi connectivity index (χ3v) is 5.62. The minimum absolute atomic E-state index is 0.686. The second kappa shape index (κ2) is 6.30. The van der Waals surface area contributed by atoms with Gasteiger partial charge in [-0.15, -0.1) is 0 Å². The van der Waals surface area contributed by atoms with Crippen molar-refractivity contribution in [3.05, 3.63) is 54.1 Å². The van der Waals surface area contributed by atoms with Crippen molar-refractivity contribution >= 4 is 5.69 Å². The predicted molar refractivity (Wildman–Crippen MR) is 97.9 cm³/mol. The lowest BCUT2D eigenvalue weighted by molar-refractivity contribution is 0.335. The van der Waals surface area contributed by atoms with Crippen molar-refractivity contribution in [1.82, 2.24) is 4.90 Å². The van der Waals surface area contributed by atoms with E-state index in [0.29, 0.717) is 11.6 Å². The van der Waals surface area contributed by atoms with Crippen LogP contribution in [0.4, 0.5) is 5.69 Å². The fourth-order valence-corrected chi connectivity index (χ4v) is 4.21. The molecule has 0 spiro atoms. The number of nitriles is 1. The summed E-state index contributed by atoms with van der Waals surface area (Å²) in [6.07, 6.45) is 1.32. The minimum Gasteiger partial charge on any atom is -0.367 e. The first kappa shape index (κ1) is 15.2. The Morgan fingerprint density at radius 3 is 2.29 bits per heavy atom. The molecule has 2 heterocycles. The van der Waals surface area contributed by atoms with Crippen molar-refractivity contribution in [2.45, 2.75) is 19.4 Å². The molecule has 24 heavy (non-hydrogen) atoms. The minimum atomic E-state index is 0.686. The fourth-order valence-electron chi connectivity index (χ4n) is 4.21. The molecule has 0 bridgehead atoms. The standard InChI is InChI=1S/C21H23N3/c1-2-23-14-19-11-12-24(21(19)15-23)20-9-7-18(8-10-20)17-5-3-16(13-22)4-6-17/h3-10,19,21H,2,11-12,14-15H2,1H3/t19-,21+/m1/s1. The predicted octanol–water partition coefficient (Wildman–Crippen LogP) is 3.76. The molecule has 2 fully saturated rings. The monoisotopic (exact) mass is 317 g/mol. The van der Waals surface area contributed by atoms with E-state index in [9.17, 15) is 0 Å². The summed E-state index contributed by atoms with van der Waals surface area (Å²) in [5, 5.41) is 8.91. The topological polar surface area (TPSA) is 30.3 Å². The van der Waals surface area contributed by atoms with Gasteiger partial charge in [0.25, 0.3) is 0 Å². The van der Waals surface area contributed by atoms with Crippen LogP contribution in [0, 0.1) is 17.2 Å². The first-order chi connectivity index (χ1) is 11.8. The van der Waals surface area contributed by atoms with Crippen molar-refractivity contribution in [3.63, 3.8) is 0 Å². The van der Waals surface area contributed by atoms with Gasteiger partial charge in [-0.1, -0.05) is 31.2 Å². The molecule has 3 heteroatoms. The summed E-state index contributed by atoms with van der Waals surface area (Å²) < 4.78 is 0. The summed E-state index contributed by atoms with van der Waals surface area (Å²) in [6, 6.07) is 19.6. The molecule has 0 aromatic heterocycles. The van der Waals surface area contributed by atoms with Crippen LogP contribution in [0.2, 0.25) is 0 Å². The van der Waals surface area contributed by atoms with Gasteiger partial charge in [0.2, 0.25) is 0 Å². The smallest absolute Gasteiger partial charge is 0.0991 e. The Hall–Kier alpha value is -2.31. The van der Waals surface area contributed by atoms with Crippen LogP contribution in [-0.4, -0.2) is 37.1 Å². The summed E-state index contributed by atoms with van der Waals surface area (Å²) in [7, 11) is 0. The van der Waals surface area contributed by atoms with Crippen molar-refractivity contribution in [1.29, 1.82) is 5.26 Å². The number of hydrogen-bond donors (Lipinski definition) is 0. The molecule has 0 unspecified atom stereocenters. The lowest BCUT2D eigenvalue weighted by Crippen LogP contribution is -2.35. The molecule has 122 valence electrons. The lowest BCUT2D eigenvalue weighted by atomic mass is 10.0. The van der Waals surface area contributed by atoms with Gasteiger partial charge in [-0.05, 0) is 54.3 Å². The van der Waals surface area contributed by atoms with E-state index in [4.69, 9.17) is 5.26 Å². The molecule has 0 aliphatic carbocycles. The maximum atomic E-state index is 8.91. The largest absolute Gasteiger partial charge is 0.367 e. The normalized spacial score (nSPS) is 23.2. The SMILES string of the molecule is CCN1C[C@H]2CCN(c3ccc(-c4ccc(C#N)cc4)cc3)[C@H]2C1. The Labute approximate surface area is 144 Å². The number of hydrogen-bond acceptors (Lipinski definition) is 3. The Morgan fingerprint density at radius 1 is 1.00 bits per heavy atom. The molecule has 3 nitrogen and oxygen atoms in total. The van der Waals surface area contributed by atoms with Crippen molar-refractivity contribution in [2.75, 3.05) is 31.1 Å². The second-order valence-electron chi connectivity index (χ2n) is 6.90. The van der Waals surface area contributed by atoms with E-state index in [-0.39, 0.29) is 0 Å². The number of rotatable bonds is 3. The van der Waals surface area contributed by atoms with Gasteiger partial charge in [-0.3, -0.25) is 0 Å². The summed E-state index contributed by atoms with van der Waals surface area (Å²) in [4.78, 5) is 5.18. The molecular weight excluding hydrogens is 294 g/mol. The maximum absolute atomic E-state index is 8.91. The average Bonchev–Trinajstić information content (AvgIpc) is 3.22. The summed E-state index contributed by atoms with van der Waals surface area (Å²) in [5.74, 6) is 0.836. The first-order valence-corrected chi connectivity index (χ1v) is 8.88. The average molecular weight is 317 g/mol. The van der Waals surface area contributed by atoms with Crippen LogP contribution in [-0.2, 0) is 0 Å². The zero-order chi connectivity index (χ0) is 16.5. The number of likely N-dealkylation sites (tertiary alicyclic amines) is 1. The number of anilines is 1. The van der Waals surface area contributed by atoms with E-state index in [0.717, 1.165) is 11.5 Å². The quantitative estimate of drug-likeness (QED) is 0.863. The van der Waals surface area contributed by atoms with Crippen molar-refractivity contribution < 1.29 is 0 Å². The molecule has 4 rings (SSSR count). The van der Waals surface area contributed by atoms with E-state index in [1.165, 1.54) is 43.9 Å². The third kappa shape index (κ3) is 2.68. The Balaban J connectivity index is 1.52. The number of likely N-dealkylation sites (N-methyl/N-ethyl adjacent to an activating group) is 1. The molecule has 0 amide bonds. The summed E-state index contributed by atoms with van der Waals surface area (Å²) in [5.41, 5.74) is 4.43. The number of benzene rings is 2. The van der Waals surface area contributed by atoms with Crippen molar-refractivity contribution in [2.24, 2.45) is 5.92 Å². The zero-order valence-corrected chi connectivity index (χ0v) is 14.2. The number of fused-ring (bicyclic) bond motifs is 1. The molecule has 2 atom stereocenters. The van der Waals surface area contributed by atoms with Gasteiger partial charge in [-0.2, -0.15) is 5.26 Å². The van der Waals surface area contributed by atoms with E-state index in [1.54, 1.807) is 0 Å². The number of nitrogens with zero attached hydrogens (tertiary/aromatic N) is 3. The molecule has 0 radical (unpaired) electrons. The molecule has 2 aromatic rings. The van der Waals surface area contributed by atoms with Gasteiger partial charge in [-0.25, -0.2) is 0 Å². The molecule has 2 saturated heterocycles. The summed E-state index contributed by atoms with van der Waals surface area (Å²) in [6.45, 7) is 7.08. The van der Waals surface area contributed by atoms with Gasteiger partial charge in [0, 0.05) is 31.4 Å². The zero-order valence-electron chi connectivity index (χ0n) is 14.2. The van der Waals surface area contributed by atoms with Crippen LogP contribution in [0.1, 0.15) is 18.9 Å². The Bertz CT molecular complexity index is 742. The van der Waals surface area contributed by atoms with E-state index in [1.807, 2.05) is 24.3 Å². The van der Waals surface area contributed by atoms with Gasteiger partial charge >= 0.3 is 0 Å².